The summed E-state index contributed by atoms with van der Waals surface area (Å²) in [5.74, 6) is 2.91. The van der Waals surface area contributed by atoms with Crippen LogP contribution in [0.15, 0.2) is 97.1 Å². The van der Waals surface area contributed by atoms with Gasteiger partial charge >= 0.3 is 0 Å². The summed E-state index contributed by atoms with van der Waals surface area (Å²) in [7, 11) is -0.449. The molecule has 0 aliphatic rings. The van der Waals surface area contributed by atoms with E-state index in [1.165, 1.54) is 0 Å². The summed E-state index contributed by atoms with van der Waals surface area (Å²) in [6.07, 6.45) is 0. The Labute approximate surface area is 228 Å². The van der Waals surface area contributed by atoms with E-state index in [1.54, 1.807) is 0 Å². The van der Waals surface area contributed by atoms with Gasteiger partial charge in [0.05, 0.1) is 13.2 Å². The van der Waals surface area contributed by atoms with E-state index in [0.717, 1.165) is 33.8 Å². The van der Waals surface area contributed by atoms with E-state index in [-0.39, 0.29) is 18.1 Å². The third kappa shape index (κ3) is 7.93. The first-order valence-corrected chi connectivity index (χ1v) is 14.1. The fourth-order valence-electron chi connectivity index (χ4n) is 3.65. The van der Waals surface area contributed by atoms with Gasteiger partial charge in [-0.15, -0.1) is 0 Å². The molecule has 0 amide bonds. The predicted octanol–water partition coefficient (Wildman–Crippen LogP) is 8.36. The lowest BCUT2D eigenvalue weighted by Crippen LogP contribution is -1.96. The van der Waals surface area contributed by atoms with E-state index >= 15 is 0 Å². The molecular weight excluding hydrogens is 518 g/mol. The lowest BCUT2D eigenvalue weighted by molar-refractivity contribution is 0.133. The minimum Gasteiger partial charge on any atom is -0.440 e. The van der Waals surface area contributed by atoms with Crippen molar-refractivity contribution in [3.8, 4) is 34.1 Å². The minimum atomic E-state index is -0.224. The minimum absolute atomic E-state index is 0.224. The highest BCUT2D eigenvalue weighted by Crippen LogP contribution is 2.41. The van der Waals surface area contributed by atoms with Crippen molar-refractivity contribution in [2.24, 2.45) is 0 Å². The van der Waals surface area contributed by atoms with E-state index in [2.05, 4.69) is 0 Å². The molecule has 8 heteroatoms. The van der Waals surface area contributed by atoms with E-state index in [1.807, 2.05) is 111 Å². The summed E-state index contributed by atoms with van der Waals surface area (Å²) in [6.45, 7) is 6.23. The molecule has 0 aliphatic carbocycles. The second kappa shape index (κ2) is 15.3. The van der Waals surface area contributed by atoms with E-state index in [4.69, 9.17) is 27.6 Å². The summed E-state index contributed by atoms with van der Waals surface area (Å²) < 4.78 is 35.3. The average Bonchev–Trinajstić information content (AvgIpc) is 2.97. The molecule has 38 heavy (non-hydrogen) atoms. The second-order valence-corrected chi connectivity index (χ2v) is 9.21. The first-order valence-electron chi connectivity index (χ1n) is 12.5. The molecule has 0 bridgehead atoms. The van der Waals surface area contributed by atoms with Crippen molar-refractivity contribution in [1.82, 2.24) is 0 Å². The van der Waals surface area contributed by atoms with Crippen LogP contribution in [0.25, 0.3) is 11.1 Å². The van der Waals surface area contributed by atoms with Gasteiger partial charge in [-0.1, -0.05) is 72.8 Å². The standard InChI is InChI=1S/C30H32O6P2/c1-3-31-21-23-13-5-9-17-27(23)33-37-35-29-19-11-7-15-25(29)26-16-8-12-20-30(26)36-38-34-28-18-10-6-14-24(28)22-32-4-2/h5-20,37-38H,3-4,21-22H2,1-2H3. The van der Waals surface area contributed by atoms with Crippen molar-refractivity contribution in [2.45, 2.75) is 27.1 Å². The van der Waals surface area contributed by atoms with Crippen molar-refractivity contribution < 1.29 is 27.6 Å². The molecule has 0 saturated carbocycles. The molecule has 2 unspecified atom stereocenters. The van der Waals surface area contributed by atoms with E-state index in [9.17, 15) is 0 Å². The maximum atomic E-state index is 6.10. The van der Waals surface area contributed by atoms with Crippen molar-refractivity contribution in [2.75, 3.05) is 13.2 Å². The fourth-order valence-corrected chi connectivity index (χ4v) is 4.84. The van der Waals surface area contributed by atoms with Crippen LogP contribution in [-0.2, 0) is 22.7 Å². The van der Waals surface area contributed by atoms with Crippen LogP contribution < -0.4 is 18.1 Å². The topological polar surface area (TPSA) is 55.4 Å². The Morgan fingerprint density at radius 1 is 0.447 bits per heavy atom. The molecule has 0 radical (unpaired) electrons. The highest BCUT2D eigenvalue weighted by molar-refractivity contribution is 7.27. The molecule has 0 N–H and O–H groups in total. The summed E-state index contributed by atoms with van der Waals surface area (Å²) in [6, 6.07) is 31.4. The summed E-state index contributed by atoms with van der Waals surface area (Å²) in [5.41, 5.74) is 3.79. The monoisotopic (exact) mass is 550 g/mol. The molecule has 0 aromatic heterocycles. The Kier molecular flexibility index (Phi) is 11.2. The maximum Gasteiger partial charge on any atom is 0.275 e. The highest BCUT2D eigenvalue weighted by atomic mass is 31.1. The van der Waals surface area contributed by atoms with Crippen LogP contribution in [0, 0.1) is 0 Å². The first-order chi connectivity index (χ1) is 18.8. The molecule has 2 atom stereocenters. The Morgan fingerprint density at radius 3 is 1.21 bits per heavy atom. The van der Waals surface area contributed by atoms with Gasteiger partial charge in [-0.2, -0.15) is 0 Å². The molecule has 4 aromatic carbocycles. The summed E-state index contributed by atoms with van der Waals surface area (Å²) in [5, 5.41) is 0. The smallest absolute Gasteiger partial charge is 0.275 e. The lowest BCUT2D eigenvalue weighted by Gasteiger charge is -2.16. The van der Waals surface area contributed by atoms with Gasteiger partial charge in [-0.25, -0.2) is 0 Å². The predicted molar refractivity (Wildman–Crippen MR) is 155 cm³/mol. The molecule has 4 rings (SSSR count). The number of hydrogen-bond acceptors (Lipinski definition) is 6. The zero-order chi connectivity index (χ0) is 26.4. The van der Waals surface area contributed by atoms with Gasteiger partial charge in [0.25, 0.3) is 18.1 Å². The zero-order valence-corrected chi connectivity index (χ0v) is 23.5. The number of rotatable bonds is 15. The largest absolute Gasteiger partial charge is 0.440 e. The Bertz CT molecular complexity index is 1180. The van der Waals surface area contributed by atoms with Gasteiger partial charge in [-0.3, -0.25) is 0 Å². The van der Waals surface area contributed by atoms with Crippen LogP contribution in [0.5, 0.6) is 23.0 Å². The molecule has 6 nitrogen and oxygen atoms in total. The Balaban J connectivity index is 1.43. The summed E-state index contributed by atoms with van der Waals surface area (Å²) >= 11 is 0. The van der Waals surface area contributed by atoms with Gasteiger partial charge in [0, 0.05) is 35.5 Å². The summed E-state index contributed by atoms with van der Waals surface area (Å²) in [4.78, 5) is 0. The fraction of sp³-hybridized carbons (Fsp3) is 0.200. The number of para-hydroxylation sites is 4. The number of hydrogen-bond donors (Lipinski definition) is 0. The molecule has 0 aliphatic heterocycles. The van der Waals surface area contributed by atoms with Gasteiger partial charge in [0.2, 0.25) is 0 Å². The van der Waals surface area contributed by atoms with Gasteiger partial charge < -0.3 is 27.6 Å². The van der Waals surface area contributed by atoms with Gasteiger partial charge in [0.15, 0.2) is 0 Å². The van der Waals surface area contributed by atoms with Crippen molar-refractivity contribution in [3.63, 3.8) is 0 Å². The van der Waals surface area contributed by atoms with Gasteiger partial charge in [-0.05, 0) is 38.1 Å². The zero-order valence-electron chi connectivity index (χ0n) is 21.5. The maximum absolute atomic E-state index is 6.10. The van der Waals surface area contributed by atoms with E-state index in [0.29, 0.717) is 37.9 Å². The SMILES string of the molecule is CCOCc1ccccc1OPOc1ccccc1-c1ccccc1OPOc1ccccc1COCC. The molecule has 4 aromatic rings. The van der Waals surface area contributed by atoms with Gasteiger partial charge in [0.1, 0.15) is 23.0 Å². The number of benzene rings is 4. The number of ether oxygens (including phenoxy) is 2. The first kappa shape index (κ1) is 27.9. The molecular formula is C30H32O6P2. The van der Waals surface area contributed by atoms with Crippen molar-refractivity contribution in [3.05, 3.63) is 108 Å². The third-order valence-electron chi connectivity index (χ3n) is 5.54. The average molecular weight is 551 g/mol. The Hall–Kier alpha value is -3.14. The van der Waals surface area contributed by atoms with Crippen LogP contribution >= 0.6 is 18.1 Å². The van der Waals surface area contributed by atoms with Crippen LogP contribution in [0.3, 0.4) is 0 Å². The second-order valence-electron chi connectivity index (χ2n) is 8.06. The van der Waals surface area contributed by atoms with Crippen molar-refractivity contribution in [1.29, 1.82) is 0 Å². The quantitative estimate of drug-likeness (QED) is 0.139. The third-order valence-corrected chi connectivity index (χ3v) is 6.75. The molecule has 0 spiro atoms. The lowest BCUT2D eigenvalue weighted by atomic mass is 10.0. The molecule has 198 valence electrons. The van der Waals surface area contributed by atoms with Crippen molar-refractivity contribution >= 4 is 18.1 Å². The van der Waals surface area contributed by atoms with Crippen LogP contribution in [0.4, 0.5) is 0 Å². The van der Waals surface area contributed by atoms with Crippen LogP contribution in [-0.4, -0.2) is 13.2 Å². The van der Waals surface area contributed by atoms with Crippen LogP contribution in [0.2, 0.25) is 0 Å². The molecule has 0 saturated heterocycles. The highest BCUT2D eigenvalue weighted by Gasteiger charge is 2.13. The molecule has 0 heterocycles. The normalized spacial score (nSPS) is 11.3. The Morgan fingerprint density at radius 2 is 0.789 bits per heavy atom. The van der Waals surface area contributed by atoms with Crippen LogP contribution in [0.1, 0.15) is 25.0 Å². The van der Waals surface area contributed by atoms with E-state index < -0.39 is 0 Å². The molecule has 0 fully saturated rings.